The first-order chi connectivity index (χ1) is 18.5. The number of hydrogen-bond acceptors (Lipinski definition) is 5. The van der Waals surface area contributed by atoms with Gasteiger partial charge in [-0.3, -0.25) is 4.90 Å². The Morgan fingerprint density at radius 1 is 0.868 bits per heavy atom. The number of fused-ring (bicyclic) bond motifs is 3. The summed E-state index contributed by atoms with van der Waals surface area (Å²) < 4.78 is 10.8. The van der Waals surface area contributed by atoms with E-state index in [0.29, 0.717) is 19.4 Å². The molecule has 0 fully saturated rings. The lowest BCUT2D eigenvalue weighted by atomic mass is 9.98. The largest absolute Gasteiger partial charge is 0.480 e. The molecule has 0 heterocycles. The van der Waals surface area contributed by atoms with Crippen molar-refractivity contribution in [3.63, 3.8) is 0 Å². The minimum Gasteiger partial charge on any atom is -0.480 e. The first-order valence-corrected chi connectivity index (χ1v) is 12.7. The molecule has 8 nitrogen and oxygen atoms in total. The highest BCUT2D eigenvalue weighted by atomic mass is 16.6. The fourth-order valence-corrected chi connectivity index (χ4v) is 4.73. The van der Waals surface area contributed by atoms with E-state index in [-0.39, 0.29) is 25.6 Å². The number of carbonyl (C=O) groups excluding carboxylic acids is 2. The number of carboxylic acid groups (broad SMARTS) is 1. The normalized spacial score (nSPS) is 12.7. The number of benzene rings is 3. The lowest BCUT2D eigenvalue weighted by Gasteiger charge is -2.24. The van der Waals surface area contributed by atoms with Gasteiger partial charge in [0.1, 0.15) is 19.3 Å². The summed E-state index contributed by atoms with van der Waals surface area (Å²) in [4.78, 5) is 37.5. The number of rotatable bonds is 11. The van der Waals surface area contributed by atoms with E-state index in [1.165, 1.54) is 18.2 Å². The Balaban J connectivity index is 1.18. The number of unbranched alkanes of at least 4 members (excludes halogenated alkanes) is 1. The number of alkyl carbamates (subject to hydrolysis) is 1. The molecule has 1 aliphatic rings. The Labute approximate surface area is 222 Å². The third kappa shape index (κ3) is 6.51. The third-order valence-corrected chi connectivity index (χ3v) is 6.76. The van der Waals surface area contributed by atoms with Crippen molar-refractivity contribution in [1.29, 1.82) is 0 Å². The average molecular weight is 517 g/mol. The van der Waals surface area contributed by atoms with Crippen molar-refractivity contribution >= 4 is 18.2 Å². The SMILES string of the molecule is CN(C(=O)OCc1ccccc1)C(CCCCNC(=O)OCC1c2ccccc2-c2ccccc21)C(=O)O. The van der Waals surface area contributed by atoms with Crippen LogP contribution in [-0.4, -0.2) is 54.4 Å². The molecular formula is C30H32N2O6. The van der Waals surface area contributed by atoms with Crippen LogP contribution in [0.4, 0.5) is 9.59 Å². The van der Waals surface area contributed by atoms with E-state index in [9.17, 15) is 19.5 Å². The number of aliphatic carboxylic acids is 1. The Morgan fingerprint density at radius 3 is 2.11 bits per heavy atom. The molecule has 198 valence electrons. The number of ether oxygens (including phenoxy) is 2. The van der Waals surface area contributed by atoms with Gasteiger partial charge in [-0.2, -0.15) is 0 Å². The molecule has 0 aliphatic heterocycles. The smallest absolute Gasteiger partial charge is 0.410 e. The summed E-state index contributed by atoms with van der Waals surface area (Å²) in [6.07, 6.45) is 0.0671. The van der Waals surface area contributed by atoms with Gasteiger partial charge in [0.15, 0.2) is 0 Å². The number of hydrogen-bond donors (Lipinski definition) is 2. The first kappa shape index (κ1) is 26.7. The molecule has 3 aromatic rings. The van der Waals surface area contributed by atoms with Gasteiger partial charge in [-0.15, -0.1) is 0 Å². The molecule has 0 saturated heterocycles. The molecule has 1 atom stereocenters. The van der Waals surface area contributed by atoms with Gasteiger partial charge < -0.3 is 19.9 Å². The van der Waals surface area contributed by atoms with Gasteiger partial charge in [-0.25, -0.2) is 14.4 Å². The second-order valence-corrected chi connectivity index (χ2v) is 9.25. The molecular weight excluding hydrogens is 484 g/mol. The maximum absolute atomic E-state index is 12.3. The van der Waals surface area contributed by atoms with Crippen molar-refractivity contribution in [2.75, 3.05) is 20.2 Å². The lowest BCUT2D eigenvalue weighted by molar-refractivity contribution is -0.142. The number of carbonyl (C=O) groups is 3. The molecule has 0 spiro atoms. The van der Waals surface area contributed by atoms with Crippen LogP contribution in [-0.2, 0) is 20.9 Å². The van der Waals surface area contributed by atoms with Crippen LogP contribution in [0.1, 0.15) is 41.9 Å². The number of likely N-dealkylation sites (N-methyl/N-ethyl adjacent to an activating group) is 1. The number of nitrogens with zero attached hydrogens (tertiary/aromatic N) is 1. The molecule has 2 N–H and O–H groups in total. The van der Waals surface area contributed by atoms with E-state index in [4.69, 9.17) is 9.47 Å². The van der Waals surface area contributed by atoms with Gasteiger partial charge in [-0.05, 0) is 47.1 Å². The van der Waals surface area contributed by atoms with Crippen LogP contribution in [0, 0.1) is 0 Å². The molecule has 38 heavy (non-hydrogen) atoms. The summed E-state index contributed by atoms with van der Waals surface area (Å²) in [5.74, 6) is -1.12. The Morgan fingerprint density at radius 2 is 1.47 bits per heavy atom. The zero-order chi connectivity index (χ0) is 26.9. The van der Waals surface area contributed by atoms with Crippen molar-refractivity contribution in [3.05, 3.63) is 95.6 Å². The van der Waals surface area contributed by atoms with Crippen LogP contribution in [0.25, 0.3) is 11.1 Å². The van der Waals surface area contributed by atoms with Gasteiger partial charge in [0.25, 0.3) is 0 Å². The second kappa shape index (κ2) is 12.8. The Bertz CT molecular complexity index is 1220. The predicted octanol–water partition coefficient (Wildman–Crippen LogP) is 5.42. The zero-order valence-corrected chi connectivity index (χ0v) is 21.3. The van der Waals surface area contributed by atoms with Gasteiger partial charge in [0, 0.05) is 19.5 Å². The standard InChI is InChI=1S/C30H32N2O6/c1-32(30(36)38-19-21-11-3-2-4-12-21)27(28(33)34)17-9-10-18-31-29(35)37-20-26-24-15-7-5-13-22(24)23-14-6-8-16-25(23)26/h2-8,11-16,26-27H,9-10,17-20H2,1H3,(H,31,35)(H,33,34). The van der Waals surface area contributed by atoms with E-state index in [2.05, 4.69) is 29.6 Å². The summed E-state index contributed by atoms with van der Waals surface area (Å²) in [6.45, 7) is 0.641. The second-order valence-electron chi connectivity index (χ2n) is 9.25. The van der Waals surface area contributed by atoms with E-state index in [1.807, 2.05) is 54.6 Å². The minimum atomic E-state index is -1.10. The minimum absolute atomic E-state index is 0.0124. The fraction of sp³-hybridized carbons (Fsp3) is 0.300. The molecule has 1 aliphatic carbocycles. The van der Waals surface area contributed by atoms with Crippen LogP contribution < -0.4 is 5.32 Å². The summed E-state index contributed by atoms with van der Waals surface area (Å²) in [6, 6.07) is 24.4. The lowest BCUT2D eigenvalue weighted by Crippen LogP contribution is -2.42. The quantitative estimate of drug-likeness (QED) is 0.330. The number of nitrogens with one attached hydrogen (secondary N) is 1. The molecule has 1 unspecified atom stereocenters. The van der Waals surface area contributed by atoms with Gasteiger partial charge in [-0.1, -0.05) is 78.9 Å². The highest BCUT2D eigenvalue weighted by Gasteiger charge is 2.29. The molecule has 0 aromatic heterocycles. The van der Waals surface area contributed by atoms with Crippen molar-refractivity contribution in [2.24, 2.45) is 0 Å². The van der Waals surface area contributed by atoms with Crippen LogP contribution in [0.5, 0.6) is 0 Å². The molecule has 0 saturated carbocycles. The van der Waals surface area contributed by atoms with E-state index < -0.39 is 24.2 Å². The summed E-state index contributed by atoms with van der Waals surface area (Å²) in [5.41, 5.74) is 5.44. The summed E-state index contributed by atoms with van der Waals surface area (Å²) >= 11 is 0. The molecule has 3 aromatic carbocycles. The first-order valence-electron chi connectivity index (χ1n) is 12.7. The highest BCUT2D eigenvalue weighted by molar-refractivity contribution is 5.80. The third-order valence-electron chi connectivity index (χ3n) is 6.76. The van der Waals surface area contributed by atoms with E-state index in [0.717, 1.165) is 21.6 Å². The Kier molecular flexibility index (Phi) is 8.98. The number of carboxylic acids is 1. The van der Waals surface area contributed by atoms with Gasteiger partial charge in [0.05, 0.1) is 0 Å². The monoisotopic (exact) mass is 516 g/mol. The maximum Gasteiger partial charge on any atom is 0.410 e. The van der Waals surface area contributed by atoms with Crippen molar-refractivity contribution in [2.45, 2.75) is 37.8 Å². The van der Waals surface area contributed by atoms with Crippen LogP contribution in [0.2, 0.25) is 0 Å². The van der Waals surface area contributed by atoms with Gasteiger partial charge in [0.2, 0.25) is 0 Å². The zero-order valence-electron chi connectivity index (χ0n) is 21.3. The van der Waals surface area contributed by atoms with Crippen molar-refractivity contribution in [3.8, 4) is 11.1 Å². The van der Waals surface area contributed by atoms with Crippen LogP contribution in [0.15, 0.2) is 78.9 Å². The molecule has 0 bridgehead atoms. The molecule has 0 radical (unpaired) electrons. The highest BCUT2D eigenvalue weighted by Crippen LogP contribution is 2.44. The Hall–Kier alpha value is -4.33. The van der Waals surface area contributed by atoms with E-state index >= 15 is 0 Å². The average Bonchev–Trinajstić information content (AvgIpc) is 3.26. The number of amides is 2. The van der Waals surface area contributed by atoms with Crippen molar-refractivity contribution < 1.29 is 29.0 Å². The molecule has 4 rings (SSSR count). The maximum atomic E-state index is 12.3. The van der Waals surface area contributed by atoms with Crippen LogP contribution in [0.3, 0.4) is 0 Å². The van der Waals surface area contributed by atoms with E-state index in [1.54, 1.807) is 0 Å². The summed E-state index contributed by atoms with van der Waals surface area (Å²) in [5, 5.41) is 12.3. The molecule has 2 amide bonds. The predicted molar refractivity (Wildman–Crippen MR) is 143 cm³/mol. The summed E-state index contributed by atoms with van der Waals surface area (Å²) in [7, 11) is 1.42. The van der Waals surface area contributed by atoms with Gasteiger partial charge >= 0.3 is 18.2 Å². The fourth-order valence-electron chi connectivity index (χ4n) is 4.73. The van der Waals surface area contributed by atoms with Crippen molar-refractivity contribution in [1.82, 2.24) is 10.2 Å². The molecule has 8 heteroatoms. The van der Waals surface area contributed by atoms with Crippen LogP contribution >= 0.6 is 0 Å². The topological polar surface area (TPSA) is 105 Å².